The summed E-state index contributed by atoms with van der Waals surface area (Å²) in [6.45, 7) is 1.77. The van der Waals surface area contributed by atoms with Crippen LogP contribution in [0.1, 0.15) is 23.3 Å². The van der Waals surface area contributed by atoms with E-state index in [1.165, 1.54) is 17.9 Å². The van der Waals surface area contributed by atoms with E-state index in [0.29, 0.717) is 0 Å². The smallest absolute Gasteiger partial charge is 0.273 e. The van der Waals surface area contributed by atoms with Crippen LogP contribution in [-0.4, -0.2) is 51.8 Å². The highest BCUT2D eigenvalue weighted by Gasteiger charge is 2.19. The summed E-state index contributed by atoms with van der Waals surface area (Å²) in [7, 11) is 1.52. The van der Waals surface area contributed by atoms with Crippen LogP contribution < -0.4 is 5.32 Å². The zero-order chi connectivity index (χ0) is 12.3. The highest BCUT2D eigenvalue weighted by molar-refractivity contribution is 5.91. The van der Waals surface area contributed by atoms with Gasteiger partial charge in [-0.25, -0.2) is 4.68 Å². The topological polar surface area (TPSA) is 80.1 Å². The maximum atomic E-state index is 11.8. The van der Waals surface area contributed by atoms with E-state index in [1.54, 1.807) is 4.90 Å². The second kappa shape index (κ2) is 4.94. The fourth-order valence-electron chi connectivity index (χ4n) is 1.81. The molecular weight excluding hydrogens is 222 g/mol. The molecule has 0 spiro atoms. The molecule has 0 unspecified atom stereocenters. The minimum Gasteiger partial charge on any atom is -0.354 e. The Morgan fingerprint density at radius 1 is 1.41 bits per heavy atom. The van der Waals surface area contributed by atoms with Crippen molar-refractivity contribution in [1.29, 1.82) is 0 Å². The molecule has 2 amide bonds. The van der Waals surface area contributed by atoms with Gasteiger partial charge in [0.25, 0.3) is 5.91 Å². The molecule has 0 radical (unpaired) electrons. The summed E-state index contributed by atoms with van der Waals surface area (Å²) >= 11 is 0. The first-order chi connectivity index (χ1) is 8.20. The lowest BCUT2D eigenvalue weighted by atomic mass is 10.4. The molecule has 17 heavy (non-hydrogen) atoms. The van der Waals surface area contributed by atoms with E-state index in [2.05, 4.69) is 15.6 Å². The number of likely N-dealkylation sites (tertiary alicyclic amines) is 1. The molecule has 1 saturated heterocycles. The van der Waals surface area contributed by atoms with Crippen LogP contribution in [-0.2, 0) is 11.3 Å². The SMILES string of the molecule is CNC(=O)c1cn(CC(=O)N2CCCC2)nn1. The number of nitrogens with zero attached hydrogens (tertiary/aromatic N) is 4. The van der Waals surface area contributed by atoms with Crippen LogP contribution in [0.15, 0.2) is 6.20 Å². The van der Waals surface area contributed by atoms with E-state index < -0.39 is 0 Å². The summed E-state index contributed by atoms with van der Waals surface area (Å²) in [5, 5.41) is 9.90. The lowest BCUT2D eigenvalue weighted by molar-refractivity contribution is -0.130. The third kappa shape index (κ3) is 2.61. The molecule has 2 heterocycles. The van der Waals surface area contributed by atoms with Gasteiger partial charge in [-0.15, -0.1) is 5.10 Å². The first-order valence-electron chi connectivity index (χ1n) is 5.60. The van der Waals surface area contributed by atoms with Crippen molar-refractivity contribution in [2.75, 3.05) is 20.1 Å². The summed E-state index contributed by atoms with van der Waals surface area (Å²) in [4.78, 5) is 24.9. The normalized spacial score (nSPS) is 15.0. The van der Waals surface area contributed by atoms with Crippen LogP contribution in [0.5, 0.6) is 0 Å². The quantitative estimate of drug-likeness (QED) is 0.751. The zero-order valence-electron chi connectivity index (χ0n) is 9.72. The van der Waals surface area contributed by atoms with Gasteiger partial charge < -0.3 is 10.2 Å². The lowest BCUT2D eigenvalue weighted by Gasteiger charge is -2.14. The van der Waals surface area contributed by atoms with Gasteiger partial charge in [0, 0.05) is 20.1 Å². The Kier molecular flexibility index (Phi) is 3.36. The van der Waals surface area contributed by atoms with Crippen molar-refractivity contribution in [2.45, 2.75) is 19.4 Å². The van der Waals surface area contributed by atoms with Crippen molar-refractivity contribution in [1.82, 2.24) is 25.2 Å². The molecule has 1 aromatic rings. The summed E-state index contributed by atoms with van der Waals surface area (Å²) in [6, 6.07) is 0. The van der Waals surface area contributed by atoms with E-state index in [4.69, 9.17) is 0 Å². The van der Waals surface area contributed by atoms with Gasteiger partial charge in [0.2, 0.25) is 5.91 Å². The fourth-order valence-corrected chi connectivity index (χ4v) is 1.81. The standard InChI is InChI=1S/C10H15N5O2/c1-11-10(17)8-6-15(13-12-8)7-9(16)14-4-2-3-5-14/h6H,2-5,7H2,1H3,(H,11,17). The number of rotatable bonds is 3. The van der Waals surface area contributed by atoms with Gasteiger partial charge in [-0.2, -0.15) is 0 Å². The van der Waals surface area contributed by atoms with Gasteiger partial charge in [0.15, 0.2) is 5.69 Å². The molecule has 92 valence electrons. The predicted octanol–water partition coefficient (Wildman–Crippen LogP) is -0.740. The van der Waals surface area contributed by atoms with Crippen molar-refractivity contribution >= 4 is 11.8 Å². The first-order valence-corrected chi connectivity index (χ1v) is 5.60. The highest BCUT2D eigenvalue weighted by atomic mass is 16.2. The van der Waals surface area contributed by atoms with Crippen LogP contribution in [0.25, 0.3) is 0 Å². The summed E-state index contributed by atoms with van der Waals surface area (Å²) in [6.07, 6.45) is 3.60. The lowest BCUT2D eigenvalue weighted by Crippen LogP contribution is -2.31. The molecule has 7 nitrogen and oxygen atoms in total. The third-order valence-electron chi connectivity index (χ3n) is 2.75. The molecule has 2 rings (SSSR count). The molecule has 1 N–H and O–H groups in total. The minimum absolute atomic E-state index is 0.0239. The number of hydrogen-bond acceptors (Lipinski definition) is 4. The molecule has 1 fully saturated rings. The summed E-state index contributed by atoms with van der Waals surface area (Å²) in [5.74, 6) is -0.277. The molecule has 1 aliphatic rings. The minimum atomic E-state index is -0.301. The van der Waals surface area contributed by atoms with E-state index in [0.717, 1.165) is 25.9 Å². The van der Waals surface area contributed by atoms with Crippen molar-refractivity contribution in [3.63, 3.8) is 0 Å². The van der Waals surface area contributed by atoms with Crippen LogP contribution in [0, 0.1) is 0 Å². The van der Waals surface area contributed by atoms with E-state index >= 15 is 0 Å². The van der Waals surface area contributed by atoms with Gasteiger partial charge in [-0.05, 0) is 12.8 Å². The van der Waals surface area contributed by atoms with Gasteiger partial charge >= 0.3 is 0 Å². The Morgan fingerprint density at radius 2 is 2.12 bits per heavy atom. The van der Waals surface area contributed by atoms with Crippen molar-refractivity contribution < 1.29 is 9.59 Å². The molecule has 0 aromatic carbocycles. The van der Waals surface area contributed by atoms with Crippen LogP contribution in [0.3, 0.4) is 0 Å². The molecule has 0 aliphatic carbocycles. The van der Waals surface area contributed by atoms with Gasteiger partial charge in [0.1, 0.15) is 6.54 Å². The third-order valence-corrected chi connectivity index (χ3v) is 2.75. The number of aromatic nitrogens is 3. The van der Waals surface area contributed by atoms with Crippen molar-refractivity contribution in [3.05, 3.63) is 11.9 Å². The van der Waals surface area contributed by atoms with Gasteiger partial charge in [-0.3, -0.25) is 9.59 Å². The number of hydrogen-bond donors (Lipinski definition) is 1. The second-order valence-electron chi connectivity index (χ2n) is 3.97. The molecule has 1 aromatic heterocycles. The van der Waals surface area contributed by atoms with E-state index in [-0.39, 0.29) is 24.1 Å². The Balaban J connectivity index is 1.96. The van der Waals surface area contributed by atoms with E-state index in [9.17, 15) is 9.59 Å². The number of nitrogens with one attached hydrogen (secondary N) is 1. The molecule has 0 atom stereocenters. The van der Waals surface area contributed by atoms with Crippen LogP contribution in [0.4, 0.5) is 0 Å². The van der Waals surface area contributed by atoms with Crippen molar-refractivity contribution in [3.8, 4) is 0 Å². The monoisotopic (exact) mass is 237 g/mol. The maximum Gasteiger partial charge on any atom is 0.273 e. The number of carbonyl (C=O) groups excluding carboxylic acids is 2. The molecule has 0 saturated carbocycles. The van der Waals surface area contributed by atoms with E-state index in [1.807, 2.05) is 0 Å². The highest BCUT2D eigenvalue weighted by Crippen LogP contribution is 2.08. The second-order valence-corrected chi connectivity index (χ2v) is 3.97. The van der Waals surface area contributed by atoms with Crippen LogP contribution >= 0.6 is 0 Å². The maximum absolute atomic E-state index is 11.8. The average Bonchev–Trinajstić information content (AvgIpc) is 2.98. The number of carbonyl (C=O) groups is 2. The molecule has 0 bridgehead atoms. The van der Waals surface area contributed by atoms with Crippen molar-refractivity contribution in [2.24, 2.45) is 0 Å². The number of amides is 2. The average molecular weight is 237 g/mol. The zero-order valence-corrected chi connectivity index (χ0v) is 9.72. The molecule has 1 aliphatic heterocycles. The molecular formula is C10H15N5O2. The Hall–Kier alpha value is -1.92. The Labute approximate surface area is 98.8 Å². The predicted molar refractivity (Wildman–Crippen MR) is 59.2 cm³/mol. The summed E-state index contributed by atoms with van der Waals surface area (Å²) in [5.41, 5.74) is 0.224. The van der Waals surface area contributed by atoms with Crippen LogP contribution in [0.2, 0.25) is 0 Å². The van der Waals surface area contributed by atoms with Gasteiger partial charge in [-0.1, -0.05) is 5.21 Å². The Bertz CT molecular complexity index is 422. The Morgan fingerprint density at radius 3 is 2.76 bits per heavy atom. The molecule has 7 heteroatoms. The largest absolute Gasteiger partial charge is 0.354 e. The first kappa shape index (κ1) is 11.6. The summed E-state index contributed by atoms with van der Waals surface area (Å²) < 4.78 is 1.39. The fraction of sp³-hybridized carbons (Fsp3) is 0.600. The van der Waals surface area contributed by atoms with Gasteiger partial charge in [0.05, 0.1) is 6.20 Å².